The van der Waals surface area contributed by atoms with Crippen LogP contribution in [-0.4, -0.2) is 24.1 Å². The molecule has 0 atom stereocenters. The molecule has 54 heavy (non-hydrogen) atoms. The zero-order valence-electron chi connectivity index (χ0n) is 30.1. The van der Waals surface area contributed by atoms with Crippen LogP contribution in [0.1, 0.15) is 44.3 Å². The molecule has 4 aliphatic rings. The predicted octanol–water partition coefficient (Wildman–Crippen LogP) is 11.9. The van der Waals surface area contributed by atoms with E-state index in [1.54, 1.807) is 0 Å². The van der Waals surface area contributed by atoms with Crippen LogP contribution >= 0.6 is 0 Å². The first-order valence-electron chi connectivity index (χ1n) is 19.6. The lowest BCUT2D eigenvalue weighted by molar-refractivity contribution is -0.00938. The molecule has 4 saturated carbocycles. The molecule has 0 radical (unpaired) electrons. The van der Waals surface area contributed by atoms with E-state index in [4.69, 9.17) is 15.0 Å². The summed E-state index contributed by atoms with van der Waals surface area (Å²) in [5.74, 6) is 4.93. The molecule has 9 aromatic rings. The molecule has 0 aliphatic heterocycles. The first kappa shape index (κ1) is 30.4. The number of hydrogen-bond donors (Lipinski definition) is 0. The summed E-state index contributed by atoms with van der Waals surface area (Å²) < 4.78 is 4.86. The second kappa shape index (κ2) is 11.5. The van der Waals surface area contributed by atoms with E-state index in [0.29, 0.717) is 0 Å². The Morgan fingerprint density at radius 2 is 0.981 bits per heavy atom. The van der Waals surface area contributed by atoms with Gasteiger partial charge in [-0.15, -0.1) is 0 Å². The molecule has 260 valence electrons. The Morgan fingerprint density at radius 3 is 1.67 bits per heavy atom. The number of hydrogen-bond acceptors (Lipinski definition) is 3. The summed E-state index contributed by atoms with van der Waals surface area (Å²) in [4.78, 5) is 16.2. The van der Waals surface area contributed by atoms with Crippen molar-refractivity contribution in [1.82, 2.24) is 24.1 Å². The van der Waals surface area contributed by atoms with Crippen molar-refractivity contribution in [2.24, 2.45) is 17.8 Å². The van der Waals surface area contributed by atoms with Crippen LogP contribution in [0.3, 0.4) is 0 Å². The standard InChI is InChI=1S/C49H39N5/c1-3-13-34(14-4-1)46-50-47(52-48(51-46)49-28-31-23-32(29-49)25-33(24-31)30-49)38-19-9-12-22-43(38)54-42-21-11-8-18-37(42)40-26-39-36-17-7-10-20-41(36)53(44(39)27-45(40)54)35-15-5-2-6-16-35/h1-22,26-27,31-33H,23-25,28-30H2. The average molecular weight is 698 g/mol. The molecule has 4 fully saturated rings. The highest BCUT2D eigenvalue weighted by Crippen LogP contribution is 2.60. The minimum atomic E-state index is 0.0359. The lowest BCUT2D eigenvalue weighted by Crippen LogP contribution is -2.49. The summed E-state index contributed by atoms with van der Waals surface area (Å²) in [6, 6.07) is 52.4. The van der Waals surface area contributed by atoms with E-state index >= 15 is 0 Å². The van der Waals surface area contributed by atoms with Crippen LogP contribution in [-0.2, 0) is 5.41 Å². The van der Waals surface area contributed by atoms with Gasteiger partial charge < -0.3 is 9.13 Å². The third-order valence-electron chi connectivity index (χ3n) is 13.0. The Hall–Kier alpha value is -6.07. The first-order valence-corrected chi connectivity index (χ1v) is 19.6. The van der Waals surface area contributed by atoms with Gasteiger partial charge in [0, 0.05) is 43.8 Å². The van der Waals surface area contributed by atoms with E-state index in [0.717, 1.165) is 63.2 Å². The molecule has 5 nitrogen and oxygen atoms in total. The van der Waals surface area contributed by atoms with Gasteiger partial charge >= 0.3 is 0 Å². The number of rotatable bonds is 5. The Morgan fingerprint density at radius 1 is 0.444 bits per heavy atom. The third-order valence-corrected chi connectivity index (χ3v) is 13.0. The number of nitrogens with zero attached hydrogens (tertiary/aromatic N) is 5. The van der Waals surface area contributed by atoms with Crippen LogP contribution in [0, 0.1) is 17.8 Å². The van der Waals surface area contributed by atoms with Crippen LogP contribution in [0.2, 0.25) is 0 Å². The molecular formula is C49H39N5. The molecule has 3 heterocycles. The zero-order valence-corrected chi connectivity index (χ0v) is 30.1. The van der Waals surface area contributed by atoms with Crippen molar-refractivity contribution in [2.45, 2.75) is 43.9 Å². The van der Waals surface area contributed by atoms with Gasteiger partial charge in [-0.2, -0.15) is 0 Å². The third kappa shape index (κ3) is 4.48. The number of benzene rings is 6. The van der Waals surface area contributed by atoms with Gasteiger partial charge in [0.2, 0.25) is 0 Å². The highest BCUT2D eigenvalue weighted by Gasteiger charge is 2.53. The average Bonchev–Trinajstić information content (AvgIpc) is 3.72. The molecule has 0 saturated heterocycles. The highest BCUT2D eigenvalue weighted by atomic mass is 15.1. The fourth-order valence-corrected chi connectivity index (χ4v) is 11.2. The number of aromatic nitrogens is 5. The van der Waals surface area contributed by atoms with E-state index in [9.17, 15) is 0 Å². The minimum Gasteiger partial charge on any atom is -0.309 e. The maximum Gasteiger partial charge on any atom is 0.165 e. The fourth-order valence-electron chi connectivity index (χ4n) is 11.2. The van der Waals surface area contributed by atoms with Gasteiger partial charge in [0.15, 0.2) is 11.6 Å². The molecule has 0 unspecified atom stereocenters. The van der Waals surface area contributed by atoms with Crippen molar-refractivity contribution in [1.29, 1.82) is 0 Å². The smallest absolute Gasteiger partial charge is 0.165 e. The van der Waals surface area contributed by atoms with Crippen molar-refractivity contribution >= 4 is 43.6 Å². The van der Waals surface area contributed by atoms with Gasteiger partial charge in [0.1, 0.15) is 5.82 Å². The molecule has 0 N–H and O–H groups in total. The normalized spacial score (nSPS) is 21.9. The SMILES string of the molecule is c1ccc(-c2nc(-c3ccccc3-n3c4ccccc4c4cc5c6ccccc6n(-c6ccccc6)c5cc43)nc(C34CC5CC(CC(C5)C3)C4)n2)cc1. The molecule has 3 aromatic heterocycles. The van der Waals surface area contributed by atoms with E-state index in [1.165, 1.54) is 76.6 Å². The van der Waals surface area contributed by atoms with Crippen LogP contribution in [0.4, 0.5) is 0 Å². The quantitative estimate of drug-likeness (QED) is 0.180. The van der Waals surface area contributed by atoms with E-state index in [-0.39, 0.29) is 5.41 Å². The number of para-hydroxylation sites is 4. The fraction of sp³-hybridized carbons (Fsp3) is 0.204. The lowest BCUT2D eigenvalue weighted by atomic mass is 9.49. The molecule has 6 aromatic carbocycles. The van der Waals surface area contributed by atoms with Crippen molar-refractivity contribution < 1.29 is 0 Å². The Balaban J connectivity index is 1.13. The van der Waals surface area contributed by atoms with Crippen LogP contribution in [0.5, 0.6) is 0 Å². The molecular weight excluding hydrogens is 659 g/mol. The van der Waals surface area contributed by atoms with Crippen LogP contribution in [0.15, 0.2) is 146 Å². The molecule has 5 heteroatoms. The van der Waals surface area contributed by atoms with E-state index < -0.39 is 0 Å². The van der Waals surface area contributed by atoms with Gasteiger partial charge in [-0.3, -0.25) is 0 Å². The molecule has 0 spiro atoms. The second-order valence-electron chi connectivity index (χ2n) is 16.3. The monoisotopic (exact) mass is 697 g/mol. The van der Waals surface area contributed by atoms with Gasteiger partial charge in [-0.05, 0) is 105 Å². The van der Waals surface area contributed by atoms with Gasteiger partial charge in [-0.25, -0.2) is 15.0 Å². The van der Waals surface area contributed by atoms with Gasteiger partial charge in [0.25, 0.3) is 0 Å². The summed E-state index contributed by atoms with van der Waals surface area (Å²) in [6.07, 6.45) is 7.77. The summed E-state index contributed by atoms with van der Waals surface area (Å²) >= 11 is 0. The Bertz CT molecular complexity index is 2880. The van der Waals surface area contributed by atoms with Gasteiger partial charge in [-0.1, -0.05) is 97.1 Å². The summed E-state index contributed by atoms with van der Waals surface area (Å²) in [5.41, 5.74) is 9.05. The summed E-state index contributed by atoms with van der Waals surface area (Å²) in [6.45, 7) is 0. The molecule has 4 aliphatic carbocycles. The van der Waals surface area contributed by atoms with Crippen molar-refractivity contribution in [2.75, 3.05) is 0 Å². The van der Waals surface area contributed by atoms with Crippen molar-refractivity contribution in [3.8, 4) is 34.2 Å². The van der Waals surface area contributed by atoms with Crippen LogP contribution in [0.25, 0.3) is 77.8 Å². The maximum absolute atomic E-state index is 5.54. The zero-order chi connectivity index (χ0) is 35.4. The van der Waals surface area contributed by atoms with Crippen molar-refractivity contribution in [3.63, 3.8) is 0 Å². The van der Waals surface area contributed by atoms with E-state index in [2.05, 4.69) is 155 Å². The summed E-state index contributed by atoms with van der Waals surface area (Å²) in [7, 11) is 0. The predicted molar refractivity (Wildman–Crippen MR) is 219 cm³/mol. The molecule has 4 bridgehead atoms. The lowest BCUT2D eigenvalue weighted by Gasteiger charge is -2.56. The molecule has 13 rings (SSSR count). The van der Waals surface area contributed by atoms with E-state index in [1.807, 2.05) is 0 Å². The largest absolute Gasteiger partial charge is 0.309 e. The first-order chi connectivity index (χ1) is 26.7. The minimum absolute atomic E-state index is 0.0359. The Kier molecular flexibility index (Phi) is 6.45. The number of fused-ring (bicyclic) bond motifs is 6. The highest BCUT2D eigenvalue weighted by molar-refractivity contribution is 6.19. The maximum atomic E-state index is 5.54. The topological polar surface area (TPSA) is 48.5 Å². The van der Waals surface area contributed by atoms with Crippen molar-refractivity contribution in [3.05, 3.63) is 151 Å². The summed E-state index contributed by atoms with van der Waals surface area (Å²) in [5, 5.41) is 4.98. The van der Waals surface area contributed by atoms with Gasteiger partial charge in [0.05, 0.1) is 27.8 Å². The Labute approximate surface area is 314 Å². The van der Waals surface area contributed by atoms with Crippen LogP contribution < -0.4 is 0 Å². The molecule has 0 amide bonds. The second-order valence-corrected chi connectivity index (χ2v) is 16.3.